The van der Waals surface area contributed by atoms with Crippen LogP contribution in [0.2, 0.25) is 0 Å². The molecule has 43 heavy (non-hydrogen) atoms. The summed E-state index contributed by atoms with van der Waals surface area (Å²) < 4.78 is 0. The second-order valence-corrected chi connectivity index (χ2v) is 11.5. The van der Waals surface area contributed by atoms with Gasteiger partial charge in [-0.2, -0.15) is 0 Å². The molecule has 2 aromatic heterocycles. The van der Waals surface area contributed by atoms with Crippen molar-refractivity contribution in [1.82, 2.24) is 30.6 Å². The summed E-state index contributed by atoms with van der Waals surface area (Å²) in [6.07, 6.45) is 15.6. The first-order chi connectivity index (χ1) is 20.9. The fourth-order valence-corrected chi connectivity index (χ4v) is 4.64. The molecule has 5 rings (SSSR count). The summed E-state index contributed by atoms with van der Waals surface area (Å²) in [6, 6.07) is 16.4. The molecule has 6 nitrogen and oxygen atoms in total. The van der Waals surface area contributed by atoms with Gasteiger partial charge < -0.3 is 20.6 Å². The minimum Gasteiger partial charge on any atom is -0.341 e. The summed E-state index contributed by atoms with van der Waals surface area (Å²) in [5.41, 5.74) is 6.58. The van der Waals surface area contributed by atoms with E-state index in [4.69, 9.17) is 0 Å². The molecule has 0 saturated heterocycles. The molecule has 4 aromatic rings. The fourth-order valence-electron chi connectivity index (χ4n) is 4.64. The highest BCUT2D eigenvalue weighted by Gasteiger charge is 2.48. The number of imidazole rings is 2. The average molecular weight is 577 g/mol. The van der Waals surface area contributed by atoms with E-state index in [2.05, 4.69) is 121 Å². The number of hydrogen-bond acceptors (Lipinski definition) is 4. The van der Waals surface area contributed by atoms with E-state index in [0.29, 0.717) is 5.54 Å². The van der Waals surface area contributed by atoms with Crippen LogP contribution in [-0.4, -0.2) is 32.0 Å². The number of aromatic nitrogens is 4. The average Bonchev–Trinajstić information content (AvgIpc) is 3.38. The molecule has 1 fully saturated rings. The molecule has 1 aliphatic rings. The van der Waals surface area contributed by atoms with Gasteiger partial charge >= 0.3 is 0 Å². The van der Waals surface area contributed by atoms with Crippen LogP contribution in [0.4, 0.5) is 0 Å². The van der Waals surface area contributed by atoms with Crippen LogP contribution in [0.5, 0.6) is 0 Å². The molecule has 1 unspecified atom stereocenters. The summed E-state index contributed by atoms with van der Waals surface area (Å²) in [5.74, 6) is 9.93. The predicted molar refractivity (Wildman–Crippen MR) is 180 cm³/mol. The lowest BCUT2D eigenvalue weighted by Gasteiger charge is -2.15. The minimum atomic E-state index is 0.320. The zero-order valence-electron chi connectivity index (χ0n) is 26.7. The van der Waals surface area contributed by atoms with Gasteiger partial charge in [0.05, 0.1) is 0 Å². The van der Waals surface area contributed by atoms with Crippen molar-refractivity contribution >= 4 is 0 Å². The molecule has 1 saturated carbocycles. The lowest BCUT2D eigenvalue weighted by molar-refractivity contribution is 0.448. The highest BCUT2D eigenvalue weighted by atomic mass is 15.1. The van der Waals surface area contributed by atoms with Crippen molar-refractivity contribution in [2.24, 2.45) is 11.8 Å². The first-order valence-electron chi connectivity index (χ1n) is 15.5. The Labute approximate surface area is 258 Å². The smallest absolute Gasteiger partial charge is 0.137 e. The van der Waals surface area contributed by atoms with Gasteiger partial charge in [-0.1, -0.05) is 84.1 Å². The second kappa shape index (κ2) is 16.5. The molecule has 6 heteroatoms. The number of rotatable bonds is 10. The van der Waals surface area contributed by atoms with Crippen molar-refractivity contribution in [3.63, 3.8) is 0 Å². The lowest BCUT2D eigenvalue weighted by atomic mass is 10.1. The maximum absolute atomic E-state index is 4.58. The molecule has 2 atom stereocenters. The molecule has 0 spiro atoms. The standard InChI is InChI=1S/C30H34N6.C5H12.C2H2/c1-4-30(16-21(30)3)34-20-27-19-33-29(36-27)25-14-10-23(11-15-25)7-6-22-8-12-24(13-9-22)28-32-18-26(35-28)17-31-5-2;1-4-5(2)3;1-2/h8-15,18-19,21,31,34H,4-5,16-17,20H2,1-3H3,(H,32,35)(H,33,36);5H,4H2,1-3H3;1-2H/t21?,30-;;/m0../s1. The number of H-pyrrole nitrogens is 2. The first kappa shape index (κ1) is 33.4. The number of nitrogens with zero attached hydrogens (tertiary/aromatic N) is 2. The van der Waals surface area contributed by atoms with Gasteiger partial charge in [0.15, 0.2) is 0 Å². The number of terminal acetylenes is 1. The third-order valence-electron chi connectivity index (χ3n) is 8.02. The molecule has 4 N–H and O–H groups in total. The van der Waals surface area contributed by atoms with Gasteiger partial charge in [-0.25, -0.2) is 9.97 Å². The quantitative estimate of drug-likeness (QED) is 0.147. The maximum Gasteiger partial charge on any atom is 0.137 e. The van der Waals surface area contributed by atoms with Gasteiger partial charge in [-0.05, 0) is 55.5 Å². The molecule has 1 aliphatic carbocycles. The Morgan fingerprint density at radius 3 is 1.65 bits per heavy atom. The van der Waals surface area contributed by atoms with E-state index >= 15 is 0 Å². The second-order valence-electron chi connectivity index (χ2n) is 11.5. The normalized spacial score (nSPS) is 16.7. The van der Waals surface area contributed by atoms with Gasteiger partial charge in [0.1, 0.15) is 11.6 Å². The monoisotopic (exact) mass is 576 g/mol. The Hall–Kier alpha value is -4.10. The number of aromatic amines is 2. The first-order valence-corrected chi connectivity index (χ1v) is 15.5. The molecule has 2 aromatic carbocycles. The van der Waals surface area contributed by atoms with Crippen LogP contribution >= 0.6 is 0 Å². The Morgan fingerprint density at radius 2 is 1.28 bits per heavy atom. The Morgan fingerprint density at radius 1 is 0.837 bits per heavy atom. The lowest BCUT2D eigenvalue weighted by Crippen LogP contribution is -2.31. The largest absolute Gasteiger partial charge is 0.341 e. The van der Waals surface area contributed by atoms with E-state index in [-0.39, 0.29) is 0 Å². The molecule has 0 bridgehead atoms. The third kappa shape index (κ3) is 9.72. The zero-order chi connectivity index (χ0) is 31.2. The van der Waals surface area contributed by atoms with Crippen molar-refractivity contribution in [3.05, 3.63) is 83.4 Å². The van der Waals surface area contributed by atoms with Crippen LogP contribution in [0.25, 0.3) is 22.8 Å². The van der Waals surface area contributed by atoms with Crippen molar-refractivity contribution in [1.29, 1.82) is 0 Å². The summed E-state index contributed by atoms with van der Waals surface area (Å²) in [7, 11) is 0. The van der Waals surface area contributed by atoms with Crippen molar-refractivity contribution in [2.75, 3.05) is 6.54 Å². The Balaban J connectivity index is 0.000000657. The van der Waals surface area contributed by atoms with Gasteiger partial charge in [0.2, 0.25) is 0 Å². The van der Waals surface area contributed by atoms with Crippen molar-refractivity contribution < 1.29 is 0 Å². The number of hydrogen-bond donors (Lipinski definition) is 4. The van der Waals surface area contributed by atoms with Crippen LogP contribution < -0.4 is 10.6 Å². The summed E-state index contributed by atoms with van der Waals surface area (Å²) >= 11 is 0. The van der Waals surface area contributed by atoms with Crippen LogP contribution in [0.15, 0.2) is 60.9 Å². The highest BCUT2D eigenvalue weighted by molar-refractivity contribution is 5.59. The molecular weight excluding hydrogens is 528 g/mol. The zero-order valence-corrected chi connectivity index (χ0v) is 26.7. The van der Waals surface area contributed by atoms with E-state index in [1.165, 1.54) is 19.3 Å². The van der Waals surface area contributed by atoms with Crippen LogP contribution in [0.3, 0.4) is 0 Å². The molecule has 226 valence electrons. The van der Waals surface area contributed by atoms with E-state index in [1.54, 1.807) is 0 Å². The van der Waals surface area contributed by atoms with Crippen molar-refractivity contribution in [2.45, 2.75) is 79.4 Å². The Kier molecular flexibility index (Phi) is 12.8. The number of benzene rings is 2. The van der Waals surface area contributed by atoms with Gasteiger partial charge in [0, 0.05) is 64.7 Å². The molecule has 0 amide bonds. The SMILES string of the molecule is C#C.CCC(C)C.CCNCc1cnc(-c2ccc(C#Cc3ccc(-c4ncc(CN[C@@]5(CC)CC5C)[nH]4)cc3)cc2)[nH]1. The van der Waals surface area contributed by atoms with Crippen LogP contribution in [0, 0.1) is 36.5 Å². The van der Waals surface area contributed by atoms with E-state index in [0.717, 1.165) is 76.8 Å². The van der Waals surface area contributed by atoms with Crippen molar-refractivity contribution in [3.8, 4) is 47.5 Å². The maximum atomic E-state index is 4.58. The summed E-state index contributed by atoms with van der Waals surface area (Å²) in [5, 5.41) is 7.02. The minimum absolute atomic E-state index is 0.320. The topological polar surface area (TPSA) is 81.4 Å². The number of nitrogens with one attached hydrogen (secondary N) is 4. The predicted octanol–water partition coefficient (Wildman–Crippen LogP) is 7.56. The van der Waals surface area contributed by atoms with Gasteiger partial charge in [-0.15, -0.1) is 12.8 Å². The third-order valence-corrected chi connectivity index (χ3v) is 8.02. The van der Waals surface area contributed by atoms with Crippen LogP contribution in [0.1, 0.15) is 83.3 Å². The van der Waals surface area contributed by atoms with Crippen LogP contribution in [-0.2, 0) is 13.1 Å². The molecule has 0 radical (unpaired) electrons. The Bertz CT molecular complexity index is 1460. The highest BCUT2D eigenvalue weighted by Crippen LogP contribution is 2.45. The molecular formula is C37H48N6. The van der Waals surface area contributed by atoms with E-state index < -0.39 is 0 Å². The van der Waals surface area contributed by atoms with E-state index in [9.17, 15) is 0 Å². The molecule has 2 heterocycles. The van der Waals surface area contributed by atoms with Gasteiger partial charge in [0.25, 0.3) is 0 Å². The molecule has 0 aliphatic heterocycles. The fraction of sp³-hybridized carbons (Fsp3) is 0.405. The van der Waals surface area contributed by atoms with E-state index in [1.807, 2.05) is 36.7 Å². The summed E-state index contributed by atoms with van der Waals surface area (Å²) in [6.45, 7) is 15.9. The summed E-state index contributed by atoms with van der Waals surface area (Å²) in [4.78, 5) is 15.9. The van der Waals surface area contributed by atoms with Gasteiger partial charge in [-0.3, -0.25) is 0 Å².